The summed E-state index contributed by atoms with van der Waals surface area (Å²) in [7, 11) is 1.26. The number of carbonyl (C=O) groups excluding carboxylic acids is 1. The van der Waals surface area contributed by atoms with Gasteiger partial charge in [0.05, 0.1) is 7.11 Å². The van der Waals surface area contributed by atoms with Gasteiger partial charge in [-0.3, -0.25) is 5.32 Å². The lowest BCUT2D eigenvalue weighted by Gasteiger charge is -1.99. The predicted octanol–water partition coefficient (Wildman–Crippen LogP) is 2.35. The molecule has 0 saturated carbocycles. The van der Waals surface area contributed by atoms with Crippen molar-refractivity contribution in [2.45, 2.75) is 0 Å². The van der Waals surface area contributed by atoms with E-state index < -0.39 is 6.09 Å². The number of nitrogens with zero attached hydrogens (tertiary/aromatic N) is 2. The lowest BCUT2D eigenvalue weighted by atomic mass is 10.3. The molecule has 1 amide bonds. The Bertz CT molecular complexity index is 357. The molecule has 66 valence electrons. The quantitative estimate of drug-likeness (QED) is 0.671. The number of diazo groups is 1. The third kappa shape index (κ3) is 2.17. The van der Waals surface area contributed by atoms with Crippen LogP contribution in [-0.4, -0.2) is 13.2 Å². The average Bonchev–Trinajstić information content (AvgIpc) is 2.18. The first-order valence-electron chi connectivity index (χ1n) is 3.57. The van der Waals surface area contributed by atoms with E-state index >= 15 is 0 Å². The summed E-state index contributed by atoms with van der Waals surface area (Å²) in [6.45, 7) is 0. The molecule has 1 rings (SSSR count). The zero-order chi connectivity index (χ0) is 9.68. The van der Waals surface area contributed by atoms with E-state index in [1.807, 2.05) is 0 Å². The molecule has 5 nitrogen and oxygen atoms in total. The number of rotatable bonds is 1. The molecule has 0 aliphatic rings. The maximum atomic E-state index is 10.8. The molecule has 5 heteroatoms. The number of benzene rings is 1. The smallest absolute Gasteiger partial charge is 0.411 e. The molecule has 0 aliphatic carbocycles. The number of ether oxygens (including phenoxy) is 1. The van der Waals surface area contributed by atoms with Crippen molar-refractivity contribution in [2.24, 2.45) is 0 Å². The summed E-state index contributed by atoms with van der Waals surface area (Å²) in [6, 6.07) is 6.56. The zero-order valence-electron chi connectivity index (χ0n) is 7.02. The van der Waals surface area contributed by atoms with Crippen molar-refractivity contribution in [3.05, 3.63) is 29.2 Å². The number of nitrogens with one attached hydrogen (secondary N) is 1. The lowest BCUT2D eigenvalue weighted by molar-refractivity contribution is 0.187. The molecule has 0 atom stereocenters. The summed E-state index contributed by atoms with van der Waals surface area (Å²) < 4.78 is 4.38. The van der Waals surface area contributed by atoms with E-state index in [2.05, 4.69) is 15.0 Å². The van der Waals surface area contributed by atoms with E-state index in [1.165, 1.54) is 7.11 Å². The average molecular weight is 178 g/mol. The molecule has 0 fully saturated rings. The summed E-state index contributed by atoms with van der Waals surface area (Å²) in [6.07, 6.45) is -0.601. The Balaban J connectivity index is 2.89. The number of amides is 1. The first-order chi connectivity index (χ1) is 6.27. The van der Waals surface area contributed by atoms with Gasteiger partial charge in [-0.1, -0.05) is 12.1 Å². The molecule has 1 aromatic rings. The van der Waals surface area contributed by atoms with Crippen LogP contribution in [0.25, 0.3) is 4.98 Å². The van der Waals surface area contributed by atoms with Crippen LogP contribution < -0.4 is 5.32 Å². The molecule has 0 aromatic heterocycles. The second-order valence-corrected chi connectivity index (χ2v) is 2.23. The Morgan fingerprint density at radius 3 is 2.85 bits per heavy atom. The molecule has 0 unspecified atom stereocenters. The van der Waals surface area contributed by atoms with Crippen molar-refractivity contribution in [1.29, 1.82) is 5.39 Å². The van der Waals surface area contributed by atoms with E-state index in [1.54, 1.807) is 24.3 Å². The second-order valence-electron chi connectivity index (χ2n) is 2.23. The lowest BCUT2D eigenvalue weighted by Crippen LogP contribution is -2.10. The van der Waals surface area contributed by atoms with Crippen LogP contribution in [0.1, 0.15) is 0 Å². The number of hydrogen-bond acceptors (Lipinski definition) is 3. The maximum Gasteiger partial charge on any atom is 0.411 e. The molecule has 0 saturated heterocycles. The molecule has 0 radical (unpaired) electrons. The van der Waals surface area contributed by atoms with Gasteiger partial charge in [-0.05, 0) is 6.07 Å². The van der Waals surface area contributed by atoms with Gasteiger partial charge in [0, 0.05) is 6.07 Å². The van der Waals surface area contributed by atoms with Crippen molar-refractivity contribution >= 4 is 17.5 Å². The highest BCUT2D eigenvalue weighted by Gasteiger charge is 2.14. The van der Waals surface area contributed by atoms with Crippen LogP contribution in [0.3, 0.4) is 0 Å². The van der Waals surface area contributed by atoms with Gasteiger partial charge in [0.25, 0.3) is 0 Å². The zero-order valence-corrected chi connectivity index (χ0v) is 7.02. The number of methoxy groups -OCH3 is 1. The highest BCUT2D eigenvalue weighted by Crippen LogP contribution is 2.23. The molecular formula is C8H8N3O2+. The van der Waals surface area contributed by atoms with Gasteiger partial charge in [0.1, 0.15) is 5.69 Å². The standard InChI is InChI=1S/C8H7N3O2/c1-13-8(12)10-6-4-2-3-5-7(6)11-9/h2-5H,1H3/p+1. The number of para-hydroxylation sites is 1. The molecule has 1 N–H and O–H groups in total. The van der Waals surface area contributed by atoms with Gasteiger partial charge >= 0.3 is 11.8 Å². The van der Waals surface area contributed by atoms with Gasteiger partial charge in [0.15, 0.2) is 4.98 Å². The van der Waals surface area contributed by atoms with Gasteiger partial charge in [-0.25, -0.2) is 4.79 Å². The minimum atomic E-state index is -0.601. The van der Waals surface area contributed by atoms with E-state index in [0.717, 1.165) is 0 Å². The fourth-order valence-corrected chi connectivity index (χ4v) is 0.828. The summed E-state index contributed by atoms with van der Waals surface area (Å²) in [5.41, 5.74) is 0.685. The molecule has 1 aromatic carbocycles. The Labute approximate surface area is 74.9 Å². The van der Waals surface area contributed by atoms with E-state index in [0.29, 0.717) is 5.69 Å². The number of carbonyl (C=O) groups is 1. The van der Waals surface area contributed by atoms with Gasteiger partial charge in [-0.2, -0.15) is 0 Å². The van der Waals surface area contributed by atoms with Crippen LogP contribution in [0.4, 0.5) is 16.2 Å². The second kappa shape index (κ2) is 4.07. The van der Waals surface area contributed by atoms with Gasteiger partial charge in [-0.15, -0.1) is 0 Å². The third-order valence-electron chi connectivity index (χ3n) is 1.43. The molecule has 13 heavy (non-hydrogen) atoms. The maximum absolute atomic E-state index is 10.8. The SMILES string of the molecule is COC(=O)Nc1ccccc1[N+]#N. The molecule has 0 bridgehead atoms. The van der Waals surface area contributed by atoms with Crippen LogP contribution in [0.5, 0.6) is 0 Å². The molecule has 0 spiro atoms. The van der Waals surface area contributed by atoms with Crippen LogP contribution in [0, 0.1) is 5.39 Å². The number of hydrogen-bond donors (Lipinski definition) is 1. The Morgan fingerprint density at radius 2 is 2.23 bits per heavy atom. The molecule has 0 heterocycles. The highest BCUT2D eigenvalue weighted by molar-refractivity contribution is 5.89. The first kappa shape index (κ1) is 9.00. The van der Waals surface area contributed by atoms with Crippen molar-refractivity contribution in [3.63, 3.8) is 0 Å². The van der Waals surface area contributed by atoms with E-state index in [-0.39, 0.29) is 5.69 Å². The minimum absolute atomic E-state index is 0.285. The summed E-state index contributed by atoms with van der Waals surface area (Å²) >= 11 is 0. The van der Waals surface area contributed by atoms with Gasteiger partial charge < -0.3 is 4.74 Å². The Hall–Kier alpha value is -2.09. The number of anilines is 1. The Morgan fingerprint density at radius 1 is 1.54 bits per heavy atom. The molecule has 0 aliphatic heterocycles. The van der Waals surface area contributed by atoms with Crippen molar-refractivity contribution < 1.29 is 9.53 Å². The monoisotopic (exact) mass is 178 g/mol. The fraction of sp³-hybridized carbons (Fsp3) is 0.125. The summed E-state index contributed by atoms with van der Waals surface area (Å²) in [5, 5.41) is 10.9. The Kier molecular flexibility index (Phi) is 2.82. The molecular weight excluding hydrogens is 170 g/mol. The predicted molar refractivity (Wildman–Crippen MR) is 47.2 cm³/mol. The third-order valence-corrected chi connectivity index (χ3v) is 1.43. The van der Waals surface area contributed by atoms with Gasteiger partial charge in [0.2, 0.25) is 5.39 Å². The van der Waals surface area contributed by atoms with Crippen LogP contribution in [0.2, 0.25) is 0 Å². The topological polar surface area (TPSA) is 66.5 Å². The summed E-state index contributed by atoms with van der Waals surface area (Å²) in [4.78, 5) is 13.8. The van der Waals surface area contributed by atoms with Crippen LogP contribution in [-0.2, 0) is 4.74 Å². The van der Waals surface area contributed by atoms with E-state index in [4.69, 9.17) is 5.39 Å². The van der Waals surface area contributed by atoms with Crippen molar-refractivity contribution in [2.75, 3.05) is 12.4 Å². The highest BCUT2D eigenvalue weighted by atomic mass is 16.5. The first-order valence-corrected chi connectivity index (χ1v) is 3.57. The van der Waals surface area contributed by atoms with Crippen molar-refractivity contribution in [1.82, 2.24) is 0 Å². The van der Waals surface area contributed by atoms with E-state index in [9.17, 15) is 4.79 Å². The fourth-order valence-electron chi connectivity index (χ4n) is 0.828. The van der Waals surface area contributed by atoms with Crippen molar-refractivity contribution in [3.8, 4) is 0 Å². The van der Waals surface area contributed by atoms with Crippen LogP contribution in [0.15, 0.2) is 24.3 Å². The minimum Gasteiger partial charge on any atom is -0.453 e. The summed E-state index contributed by atoms with van der Waals surface area (Å²) in [5.74, 6) is 0. The van der Waals surface area contributed by atoms with Crippen LogP contribution >= 0.6 is 0 Å². The normalized spacial score (nSPS) is 8.62. The largest absolute Gasteiger partial charge is 0.453 e.